The molecular formula is C30H36O11. The molecule has 1 saturated heterocycles. The van der Waals surface area contributed by atoms with Gasteiger partial charge < -0.3 is 33.2 Å². The number of methoxy groups -OCH3 is 1. The molecule has 0 amide bonds. The SMILES string of the molecule is COc1ccc(Cc2c(C)cc(C)cc2OC2O[C@H](COC(C)=O)[C@@H](OC(C)=O)[C@H](OC(C)=O)[C@H]2OC(C)=O)cc1. The number of aryl methyl sites for hydroxylation is 2. The molecule has 1 unspecified atom stereocenters. The van der Waals surface area contributed by atoms with Crippen LogP contribution in [0.5, 0.6) is 11.5 Å². The van der Waals surface area contributed by atoms with Crippen molar-refractivity contribution in [2.75, 3.05) is 13.7 Å². The van der Waals surface area contributed by atoms with Crippen molar-refractivity contribution in [3.63, 3.8) is 0 Å². The molecule has 0 spiro atoms. The van der Waals surface area contributed by atoms with Crippen LogP contribution in [0.1, 0.15) is 49.9 Å². The highest BCUT2D eigenvalue weighted by molar-refractivity contribution is 5.68. The molecule has 1 aliphatic heterocycles. The minimum Gasteiger partial charge on any atom is -0.497 e. The highest BCUT2D eigenvalue weighted by atomic mass is 16.7. The third kappa shape index (κ3) is 8.68. The molecule has 0 bridgehead atoms. The fourth-order valence-electron chi connectivity index (χ4n) is 4.65. The first-order valence-corrected chi connectivity index (χ1v) is 13.1. The van der Waals surface area contributed by atoms with E-state index in [1.807, 2.05) is 50.2 Å². The van der Waals surface area contributed by atoms with E-state index in [-0.39, 0.29) is 6.61 Å². The smallest absolute Gasteiger partial charge is 0.303 e. The molecular weight excluding hydrogens is 536 g/mol. The lowest BCUT2D eigenvalue weighted by Gasteiger charge is -2.44. The third-order valence-electron chi connectivity index (χ3n) is 6.31. The van der Waals surface area contributed by atoms with E-state index < -0.39 is 54.6 Å². The van der Waals surface area contributed by atoms with Crippen LogP contribution >= 0.6 is 0 Å². The van der Waals surface area contributed by atoms with Crippen LogP contribution in [0.15, 0.2) is 36.4 Å². The molecule has 41 heavy (non-hydrogen) atoms. The summed E-state index contributed by atoms with van der Waals surface area (Å²) in [7, 11) is 1.60. The van der Waals surface area contributed by atoms with Gasteiger partial charge in [-0.05, 0) is 48.7 Å². The summed E-state index contributed by atoms with van der Waals surface area (Å²) in [5, 5.41) is 0. The Hall–Kier alpha value is -4.12. The zero-order chi connectivity index (χ0) is 30.3. The summed E-state index contributed by atoms with van der Waals surface area (Å²) in [6, 6.07) is 11.4. The molecule has 0 aliphatic carbocycles. The van der Waals surface area contributed by atoms with Crippen LogP contribution in [0.3, 0.4) is 0 Å². The van der Waals surface area contributed by atoms with E-state index in [1.165, 1.54) is 20.8 Å². The summed E-state index contributed by atoms with van der Waals surface area (Å²) >= 11 is 0. The molecule has 0 radical (unpaired) electrons. The third-order valence-corrected chi connectivity index (χ3v) is 6.31. The second kappa shape index (κ2) is 14.0. The first kappa shape index (κ1) is 31.4. The molecule has 11 heteroatoms. The van der Waals surface area contributed by atoms with Gasteiger partial charge in [-0.2, -0.15) is 0 Å². The van der Waals surface area contributed by atoms with Crippen LogP contribution < -0.4 is 9.47 Å². The normalized spacial score (nSPS) is 21.8. The summed E-state index contributed by atoms with van der Waals surface area (Å²) in [6.45, 7) is 8.24. The molecule has 1 heterocycles. The number of carbonyl (C=O) groups excluding carboxylic acids is 4. The second-order valence-corrected chi connectivity index (χ2v) is 9.77. The van der Waals surface area contributed by atoms with Gasteiger partial charge in [-0.3, -0.25) is 19.2 Å². The molecule has 222 valence electrons. The summed E-state index contributed by atoms with van der Waals surface area (Å²) in [5.41, 5.74) is 3.68. The van der Waals surface area contributed by atoms with Gasteiger partial charge in [0.25, 0.3) is 0 Å². The molecule has 5 atom stereocenters. The molecule has 2 aromatic rings. The first-order chi connectivity index (χ1) is 19.4. The number of ether oxygens (including phenoxy) is 7. The molecule has 0 N–H and O–H groups in total. The Labute approximate surface area is 238 Å². The first-order valence-electron chi connectivity index (χ1n) is 13.1. The summed E-state index contributed by atoms with van der Waals surface area (Å²) < 4.78 is 39.4. The van der Waals surface area contributed by atoms with E-state index in [0.29, 0.717) is 12.2 Å². The van der Waals surface area contributed by atoms with Crippen molar-refractivity contribution in [3.8, 4) is 11.5 Å². The van der Waals surface area contributed by atoms with E-state index in [0.717, 1.165) is 34.9 Å². The van der Waals surface area contributed by atoms with Gasteiger partial charge in [0.15, 0.2) is 12.2 Å². The van der Waals surface area contributed by atoms with E-state index in [2.05, 4.69) is 0 Å². The Morgan fingerprint density at radius 1 is 0.780 bits per heavy atom. The van der Waals surface area contributed by atoms with E-state index in [1.54, 1.807) is 7.11 Å². The van der Waals surface area contributed by atoms with Crippen LogP contribution in [0.2, 0.25) is 0 Å². The summed E-state index contributed by atoms with van der Waals surface area (Å²) in [5.74, 6) is -1.57. The van der Waals surface area contributed by atoms with Gasteiger partial charge >= 0.3 is 23.9 Å². The standard InChI is InChI=1S/C30H36O11/c1-16-12-17(2)24(14-22-8-10-23(35-7)11-9-22)25(13-16)40-30-29(39-21(6)34)28(38-20(5)33)27(37-19(4)32)26(41-30)15-36-18(3)31/h8-13,26-30H,14-15H2,1-7H3/t26-,27-,28+,29-,30?/m1/s1. The summed E-state index contributed by atoms with van der Waals surface area (Å²) in [4.78, 5) is 47.9. The fraction of sp³-hybridized carbons (Fsp3) is 0.467. The van der Waals surface area contributed by atoms with Crippen molar-refractivity contribution in [3.05, 3.63) is 58.7 Å². The Bertz CT molecular complexity index is 1250. The zero-order valence-electron chi connectivity index (χ0n) is 24.3. The quantitative estimate of drug-likeness (QED) is 0.307. The number of esters is 4. The molecule has 1 fully saturated rings. The van der Waals surface area contributed by atoms with Crippen molar-refractivity contribution in [2.45, 2.75) is 78.7 Å². The number of benzene rings is 2. The molecule has 1 aliphatic rings. The minimum absolute atomic E-state index is 0.344. The lowest BCUT2D eigenvalue weighted by atomic mass is 9.96. The van der Waals surface area contributed by atoms with Crippen molar-refractivity contribution in [2.24, 2.45) is 0 Å². The molecule has 2 aromatic carbocycles. The topological polar surface area (TPSA) is 133 Å². The van der Waals surface area contributed by atoms with Gasteiger partial charge in [-0.1, -0.05) is 18.2 Å². The van der Waals surface area contributed by atoms with Crippen LogP contribution in [-0.4, -0.2) is 68.3 Å². The predicted molar refractivity (Wildman–Crippen MR) is 144 cm³/mol. The monoisotopic (exact) mass is 572 g/mol. The average Bonchev–Trinajstić information content (AvgIpc) is 2.88. The predicted octanol–water partition coefficient (Wildman–Crippen LogP) is 3.36. The van der Waals surface area contributed by atoms with Gasteiger partial charge in [0.2, 0.25) is 12.4 Å². The molecule has 0 saturated carbocycles. The van der Waals surface area contributed by atoms with Crippen molar-refractivity contribution < 1.29 is 52.3 Å². The average molecular weight is 573 g/mol. The largest absolute Gasteiger partial charge is 0.497 e. The maximum absolute atomic E-state index is 12.2. The lowest BCUT2D eigenvalue weighted by molar-refractivity contribution is -0.288. The van der Waals surface area contributed by atoms with Crippen molar-refractivity contribution in [1.82, 2.24) is 0 Å². The highest BCUT2D eigenvalue weighted by Crippen LogP contribution is 2.34. The van der Waals surface area contributed by atoms with Gasteiger partial charge in [0, 0.05) is 39.7 Å². The maximum atomic E-state index is 12.2. The van der Waals surface area contributed by atoms with E-state index >= 15 is 0 Å². The van der Waals surface area contributed by atoms with Crippen LogP contribution in [0.4, 0.5) is 0 Å². The Balaban J connectivity index is 2.06. The summed E-state index contributed by atoms with van der Waals surface area (Å²) in [6.07, 6.45) is -5.86. The van der Waals surface area contributed by atoms with Crippen LogP contribution in [-0.2, 0) is 49.3 Å². The highest BCUT2D eigenvalue weighted by Gasteiger charge is 2.53. The van der Waals surface area contributed by atoms with Gasteiger partial charge in [-0.15, -0.1) is 0 Å². The second-order valence-electron chi connectivity index (χ2n) is 9.77. The van der Waals surface area contributed by atoms with E-state index in [9.17, 15) is 19.2 Å². The van der Waals surface area contributed by atoms with Gasteiger partial charge in [0.05, 0.1) is 7.11 Å². The van der Waals surface area contributed by atoms with Crippen LogP contribution in [0.25, 0.3) is 0 Å². The maximum Gasteiger partial charge on any atom is 0.303 e. The van der Waals surface area contributed by atoms with Crippen molar-refractivity contribution in [1.29, 1.82) is 0 Å². The Morgan fingerprint density at radius 3 is 1.93 bits per heavy atom. The zero-order valence-corrected chi connectivity index (χ0v) is 24.3. The van der Waals surface area contributed by atoms with Gasteiger partial charge in [0.1, 0.15) is 24.2 Å². The van der Waals surface area contributed by atoms with Gasteiger partial charge in [-0.25, -0.2) is 0 Å². The van der Waals surface area contributed by atoms with Crippen molar-refractivity contribution >= 4 is 23.9 Å². The number of hydrogen-bond acceptors (Lipinski definition) is 11. The molecule has 11 nitrogen and oxygen atoms in total. The Kier molecular flexibility index (Phi) is 10.7. The van der Waals surface area contributed by atoms with Crippen LogP contribution in [0, 0.1) is 13.8 Å². The lowest BCUT2D eigenvalue weighted by Crippen LogP contribution is -2.63. The number of carbonyl (C=O) groups is 4. The number of hydrogen-bond donors (Lipinski definition) is 0. The fourth-order valence-corrected chi connectivity index (χ4v) is 4.65. The minimum atomic E-state index is -1.33. The molecule has 0 aromatic heterocycles. The van der Waals surface area contributed by atoms with E-state index in [4.69, 9.17) is 33.2 Å². The number of rotatable bonds is 10. The molecule has 3 rings (SSSR count). The Morgan fingerprint density at radius 2 is 1.37 bits per heavy atom.